The first-order valence-corrected chi connectivity index (χ1v) is 6.53. The van der Waals surface area contributed by atoms with Crippen LogP contribution in [0.3, 0.4) is 0 Å². The number of fused-ring (bicyclic) bond motifs is 2. The van der Waals surface area contributed by atoms with Crippen LogP contribution in [0.4, 0.5) is 0 Å². The summed E-state index contributed by atoms with van der Waals surface area (Å²) in [5.41, 5.74) is 6.06. The normalized spacial score (nSPS) is 33.2. The molecule has 2 bridgehead atoms. The summed E-state index contributed by atoms with van der Waals surface area (Å²) in [5, 5.41) is 3.95. The highest BCUT2D eigenvalue weighted by atomic mass is 16.5. The van der Waals surface area contributed by atoms with Crippen LogP contribution >= 0.6 is 0 Å². The van der Waals surface area contributed by atoms with Gasteiger partial charge in [-0.15, -0.1) is 0 Å². The maximum absolute atomic E-state index is 6.06. The molecule has 3 heterocycles. The number of nitrogens with zero attached hydrogens (tertiary/aromatic N) is 3. The second-order valence-electron chi connectivity index (χ2n) is 5.33. The smallest absolute Gasteiger partial charge is 0.223 e. The third-order valence-corrected chi connectivity index (χ3v) is 4.08. The second kappa shape index (κ2) is 4.38. The van der Waals surface area contributed by atoms with Gasteiger partial charge in [0.25, 0.3) is 0 Å². The summed E-state index contributed by atoms with van der Waals surface area (Å²) in [5.74, 6) is 1.49. The van der Waals surface area contributed by atoms with E-state index < -0.39 is 0 Å². The number of hydrogen-bond acceptors (Lipinski definition) is 5. The van der Waals surface area contributed by atoms with Gasteiger partial charge in [-0.1, -0.05) is 5.16 Å². The summed E-state index contributed by atoms with van der Waals surface area (Å²) >= 11 is 0. The van der Waals surface area contributed by atoms with E-state index in [1.165, 1.54) is 12.8 Å². The third kappa shape index (κ3) is 2.21. The lowest BCUT2D eigenvalue weighted by atomic mass is 9.98. The Bertz CT molecular complexity index is 378. The molecule has 1 aromatic rings. The molecule has 5 nitrogen and oxygen atoms in total. The maximum Gasteiger partial charge on any atom is 0.223 e. The van der Waals surface area contributed by atoms with E-state index in [2.05, 4.69) is 15.0 Å². The van der Waals surface area contributed by atoms with Gasteiger partial charge in [0.15, 0.2) is 5.82 Å². The first kappa shape index (κ1) is 11.2. The highest BCUT2D eigenvalue weighted by molar-refractivity contribution is 4.97. The number of aromatic nitrogens is 2. The molecule has 0 aliphatic carbocycles. The lowest BCUT2D eigenvalue weighted by molar-refractivity contribution is 0.128. The molecule has 3 rings (SSSR count). The number of nitrogens with two attached hydrogens (primary N) is 1. The van der Waals surface area contributed by atoms with Crippen molar-refractivity contribution in [3.8, 4) is 0 Å². The lowest BCUT2D eigenvalue weighted by Gasteiger charge is -2.37. The minimum absolute atomic E-state index is 0.413. The molecule has 2 atom stereocenters. The highest BCUT2D eigenvalue weighted by Gasteiger charge is 2.39. The quantitative estimate of drug-likeness (QED) is 0.843. The van der Waals surface area contributed by atoms with Crippen molar-refractivity contribution in [2.24, 2.45) is 5.73 Å². The molecule has 0 spiro atoms. The molecular weight excluding hydrogens is 216 g/mol. The van der Waals surface area contributed by atoms with Crippen molar-refractivity contribution in [3.05, 3.63) is 11.7 Å². The second-order valence-corrected chi connectivity index (χ2v) is 5.33. The zero-order chi connectivity index (χ0) is 11.8. The van der Waals surface area contributed by atoms with Gasteiger partial charge in [-0.2, -0.15) is 4.98 Å². The van der Waals surface area contributed by atoms with Crippen LogP contribution in [0.1, 0.15) is 37.4 Å². The largest absolute Gasteiger partial charge is 0.340 e. The zero-order valence-corrected chi connectivity index (χ0v) is 10.3. The van der Waals surface area contributed by atoms with Crippen LogP contribution in [0.25, 0.3) is 0 Å². The lowest BCUT2D eigenvalue weighted by Crippen LogP contribution is -2.48. The Morgan fingerprint density at radius 1 is 1.35 bits per heavy atom. The summed E-state index contributed by atoms with van der Waals surface area (Å²) in [7, 11) is 0. The Hall–Kier alpha value is -0.940. The summed E-state index contributed by atoms with van der Waals surface area (Å²) < 4.78 is 4.99. The van der Waals surface area contributed by atoms with Gasteiger partial charge in [0.2, 0.25) is 5.89 Å². The van der Waals surface area contributed by atoms with Crippen LogP contribution in [0.15, 0.2) is 4.52 Å². The molecule has 2 unspecified atom stereocenters. The van der Waals surface area contributed by atoms with Crippen LogP contribution in [-0.4, -0.2) is 39.7 Å². The number of piperidine rings is 1. The predicted molar refractivity (Wildman–Crippen MR) is 63.5 cm³/mol. The molecule has 0 saturated carbocycles. The first-order valence-electron chi connectivity index (χ1n) is 6.53. The predicted octanol–water partition coefficient (Wildman–Crippen LogP) is 0.875. The van der Waals surface area contributed by atoms with Gasteiger partial charge in [0.05, 0.1) is 0 Å². The molecule has 2 fully saturated rings. The summed E-state index contributed by atoms with van der Waals surface area (Å²) in [6, 6.07) is 1.80. The van der Waals surface area contributed by atoms with E-state index >= 15 is 0 Å². The van der Waals surface area contributed by atoms with Gasteiger partial charge in [0, 0.05) is 38.0 Å². The van der Waals surface area contributed by atoms with E-state index in [4.69, 9.17) is 10.3 Å². The molecule has 0 aromatic carbocycles. The minimum Gasteiger partial charge on any atom is -0.340 e. The van der Waals surface area contributed by atoms with Gasteiger partial charge in [-0.3, -0.25) is 4.90 Å². The monoisotopic (exact) mass is 236 g/mol. The van der Waals surface area contributed by atoms with Crippen molar-refractivity contribution < 1.29 is 4.52 Å². The third-order valence-electron chi connectivity index (χ3n) is 4.08. The Kier molecular flexibility index (Phi) is 2.88. The molecule has 2 aliphatic rings. The van der Waals surface area contributed by atoms with Crippen LogP contribution in [-0.2, 0) is 6.42 Å². The van der Waals surface area contributed by atoms with Crippen molar-refractivity contribution in [2.75, 3.05) is 6.54 Å². The van der Waals surface area contributed by atoms with Crippen molar-refractivity contribution in [1.82, 2.24) is 15.0 Å². The topological polar surface area (TPSA) is 68.2 Å². The average Bonchev–Trinajstić information content (AvgIpc) is 2.79. The first-order chi connectivity index (χ1) is 8.22. The highest BCUT2D eigenvalue weighted by Crippen LogP contribution is 2.34. The minimum atomic E-state index is 0.413. The van der Waals surface area contributed by atoms with Crippen LogP contribution < -0.4 is 5.73 Å². The summed E-state index contributed by atoms with van der Waals surface area (Å²) in [6.07, 6.45) is 5.82. The number of aryl methyl sites for hydroxylation is 1. The van der Waals surface area contributed by atoms with E-state index in [0.717, 1.165) is 31.6 Å². The SMILES string of the molecule is Cc1nc(CCN2C3CCC2CC(N)C3)no1. The van der Waals surface area contributed by atoms with E-state index in [1.54, 1.807) is 0 Å². The van der Waals surface area contributed by atoms with Crippen molar-refractivity contribution in [1.29, 1.82) is 0 Å². The van der Waals surface area contributed by atoms with Gasteiger partial charge in [0.1, 0.15) is 0 Å². The maximum atomic E-state index is 6.06. The van der Waals surface area contributed by atoms with Crippen LogP contribution in [0.2, 0.25) is 0 Å². The molecule has 2 saturated heterocycles. The van der Waals surface area contributed by atoms with Crippen molar-refractivity contribution in [3.63, 3.8) is 0 Å². The Morgan fingerprint density at radius 3 is 2.65 bits per heavy atom. The van der Waals surface area contributed by atoms with Gasteiger partial charge < -0.3 is 10.3 Å². The van der Waals surface area contributed by atoms with E-state index in [9.17, 15) is 0 Å². The number of rotatable bonds is 3. The molecule has 0 radical (unpaired) electrons. The summed E-state index contributed by atoms with van der Waals surface area (Å²) in [4.78, 5) is 6.86. The molecule has 2 aliphatic heterocycles. The number of hydrogen-bond donors (Lipinski definition) is 1. The molecule has 2 N–H and O–H groups in total. The Balaban J connectivity index is 1.59. The zero-order valence-electron chi connectivity index (χ0n) is 10.3. The summed E-state index contributed by atoms with van der Waals surface area (Å²) in [6.45, 7) is 2.88. The molecule has 94 valence electrons. The van der Waals surface area contributed by atoms with E-state index in [1.807, 2.05) is 6.92 Å². The average molecular weight is 236 g/mol. The standard InChI is InChI=1S/C12H20N4O/c1-8-14-12(15-17-8)4-5-16-10-2-3-11(16)7-9(13)6-10/h9-11H,2-7,13H2,1H3. The van der Waals surface area contributed by atoms with Crippen molar-refractivity contribution >= 4 is 0 Å². The fourth-order valence-corrected chi connectivity index (χ4v) is 3.35. The van der Waals surface area contributed by atoms with Gasteiger partial charge in [-0.25, -0.2) is 0 Å². The fourth-order valence-electron chi connectivity index (χ4n) is 3.35. The molecule has 1 aromatic heterocycles. The van der Waals surface area contributed by atoms with E-state index in [-0.39, 0.29) is 0 Å². The Labute approximate surface area is 101 Å². The van der Waals surface area contributed by atoms with Crippen LogP contribution in [0.5, 0.6) is 0 Å². The molecule has 0 amide bonds. The molecule has 17 heavy (non-hydrogen) atoms. The molecule has 5 heteroatoms. The van der Waals surface area contributed by atoms with Crippen LogP contribution in [0, 0.1) is 6.92 Å². The molecular formula is C12H20N4O. The van der Waals surface area contributed by atoms with Gasteiger partial charge in [-0.05, 0) is 25.7 Å². The van der Waals surface area contributed by atoms with Crippen molar-refractivity contribution in [2.45, 2.75) is 57.2 Å². The van der Waals surface area contributed by atoms with E-state index in [0.29, 0.717) is 24.0 Å². The fraction of sp³-hybridized carbons (Fsp3) is 0.833. The Morgan fingerprint density at radius 2 is 2.06 bits per heavy atom. The van der Waals surface area contributed by atoms with Gasteiger partial charge >= 0.3 is 0 Å².